The molecule has 2 rings (SSSR count). The predicted octanol–water partition coefficient (Wildman–Crippen LogP) is 1.51. The van der Waals surface area contributed by atoms with Crippen molar-refractivity contribution >= 4 is 0 Å². The molecule has 1 aromatic carbocycles. The lowest BCUT2D eigenvalue weighted by Crippen LogP contribution is -2.49. The largest absolute Gasteiger partial charge is 0.497 e. The molecular formula is C14H21NO2. The molecule has 0 spiro atoms. The van der Waals surface area contributed by atoms with Crippen molar-refractivity contribution in [2.45, 2.75) is 31.7 Å². The molecular weight excluding hydrogens is 214 g/mol. The van der Waals surface area contributed by atoms with Crippen LogP contribution in [0.3, 0.4) is 0 Å². The first-order valence-corrected chi connectivity index (χ1v) is 6.12. The summed E-state index contributed by atoms with van der Waals surface area (Å²) in [5, 5.41) is 9.33. The van der Waals surface area contributed by atoms with E-state index < -0.39 is 5.54 Å². The molecule has 1 aromatic rings. The number of aliphatic hydroxyl groups excluding tert-OH is 1. The smallest absolute Gasteiger partial charge is 0.119 e. The van der Waals surface area contributed by atoms with Crippen LogP contribution in [0.4, 0.5) is 0 Å². The van der Waals surface area contributed by atoms with Gasteiger partial charge in [0, 0.05) is 5.54 Å². The molecule has 3 N–H and O–H groups in total. The van der Waals surface area contributed by atoms with Crippen molar-refractivity contribution in [2.75, 3.05) is 13.7 Å². The van der Waals surface area contributed by atoms with Gasteiger partial charge in [-0.05, 0) is 55.4 Å². The Morgan fingerprint density at radius 3 is 2.88 bits per heavy atom. The molecule has 2 atom stereocenters. The maximum Gasteiger partial charge on any atom is 0.119 e. The van der Waals surface area contributed by atoms with Gasteiger partial charge in [0.25, 0.3) is 0 Å². The van der Waals surface area contributed by atoms with Crippen LogP contribution in [0, 0.1) is 5.92 Å². The van der Waals surface area contributed by atoms with Gasteiger partial charge in [-0.3, -0.25) is 0 Å². The molecule has 1 aliphatic carbocycles. The average Bonchev–Trinajstić information content (AvgIpc) is 2.37. The van der Waals surface area contributed by atoms with Gasteiger partial charge in [-0.1, -0.05) is 6.07 Å². The van der Waals surface area contributed by atoms with E-state index >= 15 is 0 Å². The van der Waals surface area contributed by atoms with E-state index in [0.29, 0.717) is 5.92 Å². The topological polar surface area (TPSA) is 55.5 Å². The molecule has 1 aliphatic rings. The summed E-state index contributed by atoms with van der Waals surface area (Å²) < 4.78 is 5.23. The van der Waals surface area contributed by atoms with E-state index in [-0.39, 0.29) is 6.61 Å². The number of hydrogen-bond acceptors (Lipinski definition) is 3. The van der Waals surface area contributed by atoms with Gasteiger partial charge < -0.3 is 15.6 Å². The summed E-state index contributed by atoms with van der Waals surface area (Å²) in [6.45, 7) is 1.98. The Kier molecular flexibility index (Phi) is 3.40. The molecule has 0 heterocycles. The maximum absolute atomic E-state index is 9.33. The molecule has 0 saturated carbocycles. The standard InChI is InChI=1S/C14H21NO2/c1-14(15,9-16)12-5-3-11-8-13(17-2)6-4-10(11)7-12/h4,6,8,12,16H,3,5,7,9,15H2,1-2H3/t12-,14+/m0/s1. The highest BCUT2D eigenvalue weighted by atomic mass is 16.5. The van der Waals surface area contributed by atoms with Gasteiger partial charge in [0.15, 0.2) is 0 Å². The van der Waals surface area contributed by atoms with E-state index in [0.717, 1.165) is 25.0 Å². The Morgan fingerprint density at radius 1 is 1.47 bits per heavy atom. The number of benzene rings is 1. The number of aliphatic hydroxyl groups is 1. The number of rotatable bonds is 3. The van der Waals surface area contributed by atoms with Crippen molar-refractivity contribution in [3.63, 3.8) is 0 Å². The van der Waals surface area contributed by atoms with Crippen LogP contribution in [0.5, 0.6) is 5.75 Å². The second kappa shape index (κ2) is 4.67. The number of hydrogen-bond donors (Lipinski definition) is 2. The molecule has 0 unspecified atom stereocenters. The van der Waals surface area contributed by atoms with E-state index in [1.165, 1.54) is 11.1 Å². The Morgan fingerprint density at radius 2 is 2.24 bits per heavy atom. The first-order valence-electron chi connectivity index (χ1n) is 6.12. The van der Waals surface area contributed by atoms with E-state index in [1.54, 1.807) is 7.11 Å². The number of ether oxygens (including phenoxy) is 1. The fourth-order valence-electron chi connectivity index (χ4n) is 2.55. The van der Waals surface area contributed by atoms with E-state index in [1.807, 2.05) is 13.0 Å². The van der Waals surface area contributed by atoms with E-state index in [2.05, 4.69) is 12.1 Å². The lowest BCUT2D eigenvalue weighted by Gasteiger charge is -2.36. The van der Waals surface area contributed by atoms with Gasteiger partial charge in [0.05, 0.1) is 13.7 Å². The molecule has 0 saturated heterocycles. The minimum atomic E-state index is -0.475. The highest BCUT2D eigenvalue weighted by molar-refractivity contribution is 5.37. The normalized spacial score (nSPS) is 22.7. The second-order valence-electron chi connectivity index (χ2n) is 5.24. The average molecular weight is 235 g/mol. The lowest BCUT2D eigenvalue weighted by atomic mass is 9.74. The first-order chi connectivity index (χ1) is 8.06. The zero-order valence-corrected chi connectivity index (χ0v) is 10.6. The monoisotopic (exact) mass is 235 g/mol. The van der Waals surface area contributed by atoms with Crippen molar-refractivity contribution in [3.05, 3.63) is 29.3 Å². The number of methoxy groups -OCH3 is 1. The van der Waals surface area contributed by atoms with Crippen LogP contribution < -0.4 is 10.5 Å². The summed E-state index contributed by atoms with van der Waals surface area (Å²) in [7, 11) is 1.69. The molecule has 0 fully saturated rings. The summed E-state index contributed by atoms with van der Waals surface area (Å²) in [5.41, 5.74) is 8.35. The van der Waals surface area contributed by atoms with Crippen molar-refractivity contribution in [2.24, 2.45) is 11.7 Å². The third-order valence-corrected chi connectivity index (χ3v) is 3.92. The summed E-state index contributed by atoms with van der Waals surface area (Å²) in [6.07, 6.45) is 3.00. The van der Waals surface area contributed by atoms with Crippen LogP contribution in [0.25, 0.3) is 0 Å². The first kappa shape index (κ1) is 12.4. The number of nitrogens with two attached hydrogens (primary N) is 1. The Bertz CT molecular complexity index is 401. The fraction of sp³-hybridized carbons (Fsp3) is 0.571. The molecule has 3 heteroatoms. The van der Waals surface area contributed by atoms with Gasteiger partial charge in [0.2, 0.25) is 0 Å². The molecule has 94 valence electrons. The van der Waals surface area contributed by atoms with Crippen molar-refractivity contribution in [1.82, 2.24) is 0 Å². The Balaban J connectivity index is 2.20. The summed E-state index contributed by atoms with van der Waals surface area (Å²) in [4.78, 5) is 0. The van der Waals surface area contributed by atoms with E-state index in [4.69, 9.17) is 10.5 Å². The van der Waals surface area contributed by atoms with Gasteiger partial charge >= 0.3 is 0 Å². The zero-order chi connectivity index (χ0) is 12.5. The maximum atomic E-state index is 9.33. The minimum absolute atomic E-state index is 0.0448. The Labute approximate surface area is 103 Å². The molecule has 0 radical (unpaired) electrons. The SMILES string of the molecule is COc1ccc2c(c1)CC[C@H]([C@](C)(N)CO)C2. The highest BCUT2D eigenvalue weighted by Crippen LogP contribution is 2.32. The molecule has 0 bridgehead atoms. The minimum Gasteiger partial charge on any atom is -0.497 e. The molecule has 3 nitrogen and oxygen atoms in total. The van der Waals surface area contributed by atoms with Crippen LogP contribution in [-0.2, 0) is 12.8 Å². The molecule has 0 aliphatic heterocycles. The van der Waals surface area contributed by atoms with Crippen LogP contribution >= 0.6 is 0 Å². The summed E-state index contributed by atoms with van der Waals surface area (Å²) in [6, 6.07) is 6.22. The van der Waals surface area contributed by atoms with Crippen molar-refractivity contribution in [3.8, 4) is 5.75 Å². The lowest BCUT2D eigenvalue weighted by molar-refractivity contribution is 0.144. The number of fused-ring (bicyclic) bond motifs is 1. The van der Waals surface area contributed by atoms with Crippen LogP contribution in [-0.4, -0.2) is 24.4 Å². The van der Waals surface area contributed by atoms with Crippen molar-refractivity contribution in [1.29, 1.82) is 0 Å². The van der Waals surface area contributed by atoms with Gasteiger partial charge in [-0.25, -0.2) is 0 Å². The van der Waals surface area contributed by atoms with Gasteiger partial charge in [-0.15, -0.1) is 0 Å². The van der Waals surface area contributed by atoms with Crippen LogP contribution in [0.15, 0.2) is 18.2 Å². The predicted molar refractivity (Wildman–Crippen MR) is 68.2 cm³/mol. The zero-order valence-electron chi connectivity index (χ0n) is 10.6. The summed E-state index contributed by atoms with van der Waals surface area (Å²) in [5.74, 6) is 1.27. The van der Waals surface area contributed by atoms with E-state index in [9.17, 15) is 5.11 Å². The van der Waals surface area contributed by atoms with Crippen molar-refractivity contribution < 1.29 is 9.84 Å². The number of aryl methyl sites for hydroxylation is 1. The van der Waals surface area contributed by atoms with Gasteiger partial charge in [0.1, 0.15) is 5.75 Å². The third-order valence-electron chi connectivity index (χ3n) is 3.92. The fourth-order valence-corrected chi connectivity index (χ4v) is 2.55. The highest BCUT2D eigenvalue weighted by Gasteiger charge is 2.32. The summed E-state index contributed by atoms with van der Waals surface area (Å²) >= 11 is 0. The van der Waals surface area contributed by atoms with Crippen LogP contribution in [0.1, 0.15) is 24.5 Å². The Hall–Kier alpha value is -1.06. The third kappa shape index (κ3) is 2.45. The quantitative estimate of drug-likeness (QED) is 0.835. The molecule has 0 aromatic heterocycles. The molecule has 0 amide bonds. The van der Waals surface area contributed by atoms with Crippen LogP contribution in [0.2, 0.25) is 0 Å². The second-order valence-corrected chi connectivity index (χ2v) is 5.24. The molecule has 17 heavy (non-hydrogen) atoms. The van der Waals surface area contributed by atoms with Gasteiger partial charge in [-0.2, -0.15) is 0 Å².